The van der Waals surface area contributed by atoms with Crippen LogP contribution in [0.2, 0.25) is 0 Å². The van der Waals surface area contributed by atoms with Gasteiger partial charge in [0.2, 0.25) is 17.8 Å². The molecular formula is C24H27FN8O. The molecule has 2 aliphatic rings. The first-order valence-corrected chi connectivity index (χ1v) is 11.3. The maximum absolute atomic E-state index is 13.3. The first-order valence-electron chi connectivity index (χ1n) is 11.3. The molecule has 1 atom stereocenters. The van der Waals surface area contributed by atoms with Gasteiger partial charge in [0, 0.05) is 31.8 Å². The van der Waals surface area contributed by atoms with Crippen molar-refractivity contribution in [2.45, 2.75) is 13.0 Å². The molecule has 0 radical (unpaired) electrons. The average molecular weight is 463 g/mol. The molecule has 1 fully saturated rings. The Kier molecular flexibility index (Phi) is 6.22. The van der Waals surface area contributed by atoms with E-state index in [0.717, 1.165) is 43.1 Å². The number of hydrogen-bond donors (Lipinski definition) is 2. The van der Waals surface area contributed by atoms with Gasteiger partial charge < -0.3 is 24.9 Å². The van der Waals surface area contributed by atoms with Crippen molar-refractivity contribution < 1.29 is 8.81 Å². The third kappa shape index (κ3) is 5.07. The van der Waals surface area contributed by atoms with Crippen LogP contribution < -0.4 is 15.5 Å². The SMILES string of the molecule is C[C@H](Nc1nc(NC2=NCC(c3ccco3)=C2)nc(N2CCN(C)CC2)n1)c1ccc(F)cc1. The van der Waals surface area contributed by atoms with Gasteiger partial charge in [-0.1, -0.05) is 12.1 Å². The second kappa shape index (κ2) is 9.60. The topological polar surface area (TPSA) is 94.7 Å². The number of piperazine rings is 1. The van der Waals surface area contributed by atoms with Crippen LogP contribution >= 0.6 is 0 Å². The van der Waals surface area contributed by atoms with E-state index < -0.39 is 0 Å². The molecule has 2 aliphatic heterocycles. The van der Waals surface area contributed by atoms with E-state index in [1.807, 2.05) is 25.1 Å². The summed E-state index contributed by atoms with van der Waals surface area (Å²) >= 11 is 0. The van der Waals surface area contributed by atoms with Crippen molar-refractivity contribution in [3.05, 3.63) is 65.9 Å². The largest absolute Gasteiger partial charge is 0.465 e. The summed E-state index contributed by atoms with van der Waals surface area (Å²) in [6.07, 6.45) is 3.59. The molecule has 0 saturated carbocycles. The van der Waals surface area contributed by atoms with Gasteiger partial charge in [-0.2, -0.15) is 15.0 Å². The Morgan fingerprint density at radius 3 is 2.50 bits per heavy atom. The first kappa shape index (κ1) is 22.0. The molecule has 0 unspecified atom stereocenters. The molecule has 0 aliphatic carbocycles. The predicted octanol–water partition coefficient (Wildman–Crippen LogP) is 3.44. The van der Waals surface area contributed by atoms with E-state index in [4.69, 9.17) is 4.42 Å². The lowest BCUT2D eigenvalue weighted by Gasteiger charge is -2.32. The van der Waals surface area contributed by atoms with Gasteiger partial charge in [-0.05, 0) is 49.9 Å². The van der Waals surface area contributed by atoms with E-state index in [2.05, 4.69) is 47.4 Å². The van der Waals surface area contributed by atoms with Crippen LogP contribution in [0.1, 0.15) is 24.3 Å². The van der Waals surface area contributed by atoms with Gasteiger partial charge in [-0.25, -0.2) is 4.39 Å². The van der Waals surface area contributed by atoms with Crippen molar-refractivity contribution in [3.8, 4) is 0 Å². The summed E-state index contributed by atoms with van der Waals surface area (Å²) in [7, 11) is 2.11. The van der Waals surface area contributed by atoms with Gasteiger partial charge in [0.15, 0.2) is 0 Å². The van der Waals surface area contributed by atoms with Crippen LogP contribution in [0.15, 0.2) is 58.1 Å². The summed E-state index contributed by atoms with van der Waals surface area (Å²) in [6, 6.07) is 10.1. The number of benzene rings is 1. The van der Waals surface area contributed by atoms with E-state index in [-0.39, 0.29) is 11.9 Å². The Morgan fingerprint density at radius 1 is 1.00 bits per heavy atom. The smallest absolute Gasteiger partial charge is 0.234 e. The standard InChI is InChI=1S/C24H27FN8O/c1-16(17-5-7-19(25)8-6-17)27-22-29-23(31-24(30-22)33-11-9-32(2)10-12-33)28-21-14-18(15-26-21)20-4-3-13-34-20/h3-8,13-14,16H,9-12,15H2,1-2H3,(H2,26,27,28,29,30,31)/t16-/m0/s1. The highest BCUT2D eigenvalue weighted by Crippen LogP contribution is 2.23. The fraction of sp³-hybridized carbons (Fsp3) is 0.333. The van der Waals surface area contributed by atoms with Gasteiger partial charge in [-0.15, -0.1) is 0 Å². The fourth-order valence-corrected chi connectivity index (χ4v) is 3.89. The summed E-state index contributed by atoms with van der Waals surface area (Å²) < 4.78 is 18.8. The molecule has 34 heavy (non-hydrogen) atoms. The lowest BCUT2D eigenvalue weighted by atomic mass is 10.1. The molecule has 2 aromatic heterocycles. The van der Waals surface area contributed by atoms with Crippen LogP contribution in [-0.2, 0) is 0 Å². The quantitative estimate of drug-likeness (QED) is 0.575. The van der Waals surface area contributed by atoms with Crippen LogP contribution in [0.5, 0.6) is 0 Å². The van der Waals surface area contributed by atoms with E-state index >= 15 is 0 Å². The molecule has 5 rings (SSSR count). The van der Waals surface area contributed by atoms with Crippen molar-refractivity contribution >= 4 is 29.3 Å². The highest BCUT2D eigenvalue weighted by atomic mass is 19.1. The summed E-state index contributed by atoms with van der Waals surface area (Å²) in [4.78, 5) is 22.9. The second-order valence-electron chi connectivity index (χ2n) is 8.46. The summed E-state index contributed by atoms with van der Waals surface area (Å²) in [5.41, 5.74) is 1.92. The number of hydrogen-bond acceptors (Lipinski definition) is 9. The Hall–Kier alpha value is -3.79. The minimum Gasteiger partial charge on any atom is -0.465 e. The highest BCUT2D eigenvalue weighted by molar-refractivity contribution is 6.09. The normalized spacial score (nSPS) is 17.3. The second-order valence-corrected chi connectivity index (χ2v) is 8.46. The highest BCUT2D eigenvalue weighted by Gasteiger charge is 2.20. The number of nitrogens with zero attached hydrogens (tertiary/aromatic N) is 6. The summed E-state index contributed by atoms with van der Waals surface area (Å²) in [5.74, 6) is 2.65. The fourth-order valence-electron chi connectivity index (χ4n) is 3.89. The number of amidine groups is 1. The van der Waals surface area contributed by atoms with Crippen LogP contribution in [-0.4, -0.2) is 65.5 Å². The van der Waals surface area contributed by atoms with Gasteiger partial charge in [0.25, 0.3) is 0 Å². The third-order valence-corrected chi connectivity index (χ3v) is 5.93. The molecule has 0 amide bonds. The van der Waals surface area contributed by atoms with E-state index in [9.17, 15) is 4.39 Å². The first-order chi connectivity index (χ1) is 16.5. The van der Waals surface area contributed by atoms with Crippen molar-refractivity contribution in [1.82, 2.24) is 19.9 Å². The lowest BCUT2D eigenvalue weighted by Crippen LogP contribution is -2.45. The number of halogens is 1. The van der Waals surface area contributed by atoms with Gasteiger partial charge in [-0.3, -0.25) is 4.99 Å². The third-order valence-electron chi connectivity index (χ3n) is 5.93. The van der Waals surface area contributed by atoms with E-state index in [1.165, 1.54) is 12.1 Å². The zero-order valence-electron chi connectivity index (χ0n) is 19.2. The summed E-state index contributed by atoms with van der Waals surface area (Å²) in [5, 5.41) is 6.56. The predicted molar refractivity (Wildman–Crippen MR) is 131 cm³/mol. The zero-order chi connectivity index (χ0) is 23.5. The van der Waals surface area contributed by atoms with Crippen LogP contribution in [0.3, 0.4) is 0 Å². The number of furan rings is 1. The molecule has 0 spiro atoms. The van der Waals surface area contributed by atoms with Crippen LogP contribution in [0.25, 0.3) is 5.57 Å². The van der Waals surface area contributed by atoms with Crippen LogP contribution in [0, 0.1) is 5.82 Å². The molecule has 2 N–H and O–H groups in total. The van der Waals surface area contributed by atoms with Gasteiger partial charge >= 0.3 is 0 Å². The molecule has 4 heterocycles. The van der Waals surface area contributed by atoms with E-state index in [0.29, 0.717) is 30.2 Å². The number of aromatic nitrogens is 3. The Balaban J connectivity index is 1.38. The minimum atomic E-state index is -0.265. The Morgan fingerprint density at radius 2 is 1.76 bits per heavy atom. The van der Waals surface area contributed by atoms with Crippen molar-refractivity contribution in [2.24, 2.45) is 4.99 Å². The minimum absolute atomic E-state index is 0.120. The van der Waals surface area contributed by atoms with E-state index in [1.54, 1.807) is 18.4 Å². The number of rotatable bonds is 6. The molecule has 1 saturated heterocycles. The molecule has 1 aromatic carbocycles. The molecular weight excluding hydrogens is 435 g/mol. The maximum Gasteiger partial charge on any atom is 0.234 e. The Labute approximate surface area is 197 Å². The lowest BCUT2D eigenvalue weighted by molar-refractivity contribution is 0.311. The number of nitrogens with one attached hydrogen (secondary N) is 2. The molecule has 10 heteroatoms. The monoisotopic (exact) mass is 462 g/mol. The molecule has 3 aromatic rings. The number of likely N-dealkylation sites (N-methyl/N-ethyl adjacent to an activating group) is 1. The molecule has 0 bridgehead atoms. The molecule has 9 nitrogen and oxygen atoms in total. The van der Waals surface area contributed by atoms with Crippen LogP contribution in [0.4, 0.5) is 22.2 Å². The zero-order valence-corrected chi connectivity index (χ0v) is 19.2. The number of anilines is 3. The number of aliphatic imine (C=N–C) groups is 1. The maximum atomic E-state index is 13.3. The van der Waals surface area contributed by atoms with Crippen molar-refractivity contribution in [1.29, 1.82) is 0 Å². The Bertz CT molecular complexity index is 1180. The summed E-state index contributed by atoms with van der Waals surface area (Å²) in [6.45, 7) is 6.04. The van der Waals surface area contributed by atoms with Gasteiger partial charge in [0.05, 0.1) is 18.8 Å². The van der Waals surface area contributed by atoms with Gasteiger partial charge in [0.1, 0.15) is 17.4 Å². The molecule has 176 valence electrons. The van der Waals surface area contributed by atoms with Crippen molar-refractivity contribution in [3.63, 3.8) is 0 Å². The average Bonchev–Trinajstić information content (AvgIpc) is 3.52. The van der Waals surface area contributed by atoms with Crippen molar-refractivity contribution in [2.75, 3.05) is 55.3 Å².